The van der Waals surface area contributed by atoms with Crippen molar-refractivity contribution in [2.75, 3.05) is 6.61 Å². The number of hydrogen-bond donors (Lipinski definition) is 0. The van der Waals surface area contributed by atoms with Gasteiger partial charge in [0.1, 0.15) is 0 Å². The van der Waals surface area contributed by atoms with Crippen LogP contribution < -0.4 is 0 Å². The Kier molecular flexibility index (Phi) is 3.21. The van der Waals surface area contributed by atoms with Crippen LogP contribution in [0.2, 0.25) is 5.02 Å². The van der Waals surface area contributed by atoms with Crippen molar-refractivity contribution in [1.29, 1.82) is 0 Å². The number of carbonyl (C=O) groups is 1. The molecule has 2 aromatic rings. The molecule has 0 aliphatic heterocycles. The lowest BCUT2D eigenvalue weighted by atomic mass is 10.3. The van der Waals surface area contributed by atoms with Gasteiger partial charge in [0.2, 0.25) is 0 Å². The average Bonchev–Trinajstić information content (AvgIpc) is 2.62. The lowest BCUT2D eigenvalue weighted by molar-refractivity contribution is 0.0526. The van der Waals surface area contributed by atoms with E-state index < -0.39 is 0 Å². The zero-order chi connectivity index (χ0) is 11.7. The highest BCUT2D eigenvalue weighted by Crippen LogP contribution is 2.25. The van der Waals surface area contributed by atoms with Crippen molar-refractivity contribution in [3.63, 3.8) is 0 Å². The van der Waals surface area contributed by atoms with E-state index in [1.54, 1.807) is 29.8 Å². The lowest BCUT2D eigenvalue weighted by Crippen LogP contribution is -2.02. The monoisotopic (exact) mass is 301 g/mol. The van der Waals surface area contributed by atoms with Crippen LogP contribution in [0.1, 0.15) is 17.3 Å². The number of esters is 1. The molecule has 2 rings (SSSR count). The van der Waals surface area contributed by atoms with Gasteiger partial charge in [0.25, 0.3) is 0 Å². The first-order valence-corrected chi connectivity index (χ1v) is 5.93. The third-order valence-corrected chi connectivity index (χ3v) is 3.33. The van der Waals surface area contributed by atoms with Crippen molar-refractivity contribution in [2.24, 2.45) is 0 Å². The van der Waals surface area contributed by atoms with Crippen LogP contribution in [0.5, 0.6) is 0 Å². The van der Waals surface area contributed by atoms with Gasteiger partial charge in [-0.25, -0.2) is 4.79 Å². The molecule has 16 heavy (non-hydrogen) atoms. The molecule has 0 unspecified atom stereocenters. The molecule has 0 fully saturated rings. The van der Waals surface area contributed by atoms with Crippen molar-refractivity contribution < 1.29 is 9.53 Å². The molecule has 0 N–H and O–H groups in total. The van der Waals surface area contributed by atoms with Crippen molar-refractivity contribution in [3.8, 4) is 0 Å². The third kappa shape index (κ3) is 2.08. The highest BCUT2D eigenvalue weighted by molar-refractivity contribution is 9.10. The lowest BCUT2D eigenvalue weighted by Gasteiger charge is -1.97. The minimum Gasteiger partial charge on any atom is -0.462 e. The van der Waals surface area contributed by atoms with E-state index >= 15 is 0 Å². The first kappa shape index (κ1) is 11.5. The standard InChI is InChI=1S/C11H9BrClNO2/c1-2-16-11(15)7-3-8-4-9(12)10(13)6-14(8)5-7/h3-6H,2H2,1H3. The largest absolute Gasteiger partial charge is 0.462 e. The predicted molar refractivity (Wildman–Crippen MR) is 66.1 cm³/mol. The average molecular weight is 303 g/mol. The molecule has 0 atom stereocenters. The fraction of sp³-hybridized carbons (Fsp3) is 0.182. The van der Waals surface area contributed by atoms with Crippen LogP contribution in [-0.4, -0.2) is 17.0 Å². The number of rotatable bonds is 2. The Morgan fingerprint density at radius 1 is 1.50 bits per heavy atom. The summed E-state index contributed by atoms with van der Waals surface area (Å²) in [5.41, 5.74) is 1.41. The zero-order valence-corrected chi connectivity index (χ0v) is 10.9. The van der Waals surface area contributed by atoms with E-state index in [9.17, 15) is 4.79 Å². The van der Waals surface area contributed by atoms with Crippen LogP contribution in [-0.2, 0) is 4.74 Å². The van der Waals surface area contributed by atoms with Gasteiger partial charge in [0.05, 0.1) is 17.2 Å². The van der Waals surface area contributed by atoms with Gasteiger partial charge in [-0.1, -0.05) is 11.6 Å². The highest BCUT2D eigenvalue weighted by Gasteiger charge is 2.10. The first-order chi connectivity index (χ1) is 7.61. The van der Waals surface area contributed by atoms with Crippen LogP contribution in [0.4, 0.5) is 0 Å². The topological polar surface area (TPSA) is 30.7 Å². The summed E-state index contributed by atoms with van der Waals surface area (Å²) < 4.78 is 7.51. The quantitative estimate of drug-likeness (QED) is 0.795. The summed E-state index contributed by atoms with van der Waals surface area (Å²) >= 11 is 9.29. The normalized spacial score (nSPS) is 10.7. The van der Waals surface area contributed by atoms with E-state index in [0.29, 0.717) is 17.2 Å². The van der Waals surface area contributed by atoms with Gasteiger partial charge >= 0.3 is 5.97 Å². The van der Waals surface area contributed by atoms with Crippen LogP contribution in [0.3, 0.4) is 0 Å². The molecule has 0 spiro atoms. The molecule has 3 nitrogen and oxygen atoms in total. The molecule has 2 aromatic heterocycles. The molecule has 0 radical (unpaired) electrons. The second-order valence-corrected chi connectivity index (χ2v) is 4.51. The van der Waals surface area contributed by atoms with Crippen molar-refractivity contribution in [1.82, 2.24) is 4.40 Å². The number of halogens is 2. The van der Waals surface area contributed by atoms with E-state index in [0.717, 1.165) is 9.99 Å². The Bertz CT molecular complexity index is 511. The molecule has 0 aliphatic carbocycles. The van der Waals surface area contributed by atoms with Gasteiger partial charge in [-0.3, -0.25) is 0 Å². The maximum Gasteiger partial charge on any atom is 0.339 e. The molecule has 0 aromatic carbocycles. The highest BCUT2D eigenvalue weighted by atomic mass is 79.9. The number of aromatic nitrogens is 1. The summed E-state index contributed by atoms with van der Waals surface area (Å²) in [6, 6.07) is 3.62. The van der Waals surface area contributed by atoms with Gasteiger partial charge in [0, 0.05) is 22.4 Å². The summed E-state index contributed by atoms with van der Waals surface area (Å²) in [6.07, 6.45) is 3.44. The minimum atomic E-state index is -0.321. The van der Waals surface area contributed by atoms with E-state index in [4.69, 9.17) is 16.3 Å². The molecular weight excluding hydrogens is 293 g/mol. The van der Waals surface area contributed by atoms with Crippen LogP contribution >= 0.6 is 27.5 Å². The summed E-state index contributed by atoms with van der Waals surface area (Å²) in [7, 11) is 0. The molecule has 84 valence electrons. The number of ether oxygens (including phenoxy) is 1. The summed E-state index contributed by atoms with van der Waals surface area (Å²) in [5.74, 6) is -0.321. The second kappa shape index (κ2) is 4.47. The molecular formula is C11H9BrClNO2. The smallest absolute Gasteiger partial charge is 0.339 e. The molecule has 2 heterocycles. The molecule has 0 saturated carbocycles. The Hall–Kier alpha value is -1.00. The Morgan fingerprint density at radius 2 is 2.25 bits per heavy atom. The molecule has 5 heteroatoms. The van der Waals surface area contributed by atoms with Gasteiger partial charge in [0.15, 0.2) is 0 Å². The van der Waals surface area contributed by atoms with E-state index in [2.05, 4.69) is 15.9 Å². The van der Waals surface area contributed by atoms with Crippen molar-refractivity contribution >= 4 is 39.0 Å². The van der Waals surface area contributed by atoms with Gasteiger partial charge in [-0.2, -0.15) is 0 Å². The number of pyridine rings is 1. The van der Waals surface area contributed by atoms with Crippen LogP contribution in [0, 0.1) is 0 Å². The van der Waals surface area contributed by atoms with E-state index in [1.165, 1.54) is 0 Å². The fourth-order valence-corrected chi connectivity index (χ4v) is 1.93. The molecule has 0 aliphatic rings. The Labute approximate surface area is 106 Å². The molecule has 0 bridgehead atoms. The Morgan fingerprint density at radius 3 is 2.94 bits per heavy atom. The summed E-state index contributed by atoms with van der Waals surface area (Å²) in [6.45, 7) is 2.15. The predicted octanol–water partition coefficient (Wildman–Crippen LogP) is 3.53. The molecule has 0 amide bonds. The van der Waals surface area contributed by atoms with E-state index in [-0.39, 0.29) is 5.97 Å². The van der Waals surface area contributed by atoms with Crippen LogP contribution in [0.15, 0.2) is 29.0 Å². The third-order valence-electron chi connectivity index (χ3n) is 2.15. The second-order valence-electron chi connectivity index (χ2n) is 3.25. The van der Waals surface area contributed by atoms with E-state index in [1.807, 2.05) is 6.07 Å². The SMILES string of the molecule is CCOC(=O)c1cc2cc(Br)c(Cl)cn2c1. The Balaban J connectivity index is 2.48. The molecule has 0 saturated heterocycles. The zero-order valence-electron chi connectivity index (χ0n) is 8.54. The maximum atomic E-state index is 11.5. The van der Waals surface area contributed by atoms with Gasteiger partial charge in [-0.05, 0) is 35.0 Å². The van der Waals surface area contributed by atoms with Crippen molar-refractivity contribution in [3.05, 3.63) is 39.6 Å². The summed E-state index contributed by atoms with van der Waals surface area (Å²) in [4.78, 5) is 11.5. The van der Waals surface area contributed by atoms with Gasteiger partial charge in [-0.15, -0.1) is 0 Å². The summed E-state index contributed by atoms with van der Waals surface area (Å²) in [5, 5.41) is 0.596. The van der Waals surface area contributed by atoms with Crippen molar-refractivity contribution in [2.45, 2.75) is 6.92 Å². The van der Waals surface area contributed by atoms with Crippen LogP contribution in [0.25, 0.3) is 5.52 Å². The minimum absolute atomic E-state index is 0.321. The maximum absolute atomic E-state index is 11.5. The first-order valence-electron chi connectivity index (χ1n) is 4.75. The number of nitrogens with zero attached hydrogens (tertiary/aromatic N) is 1. The number of carbonyl (C=O) groups excluding carboxylic acids is 1. The van der Waals surface area contributed by atoms with Gasteiger partial charge < -0.3 is 9.14 Å². The number of hydrogen-bond acceptors (Lipinski definition) is 2. The fourth-order valence-electron chi connectivity index (χ4n) is 1.43. The number of fused-ring (bicyclic) bond motifs is 1.